The first kappa shape index (κ1) is 28.1. The molecule has 1 aromatic heterocycles. The van der Waals surface area contributed by atoms with Gasteiger partial charge >= 0.3 is 6.18 Å². The first-order valence-corrected chi connectivity index (χ1v) is 12.7. The van der Waals surface area contributed by atoms with E-state index < -0.39 is 23.5 Å². The molecule has 4 aromatic rings. The number of thioether (sulfide) groups is 1. The first-order chi connectivity index (χ1) is 18.5. The number of nitrogens with zero attached hydrogens (tertiary/aromatic N) is 3. The minimum absolute atomic E-state index is 0.0525. The summed E-state index contributed by atoms with van der Waals surface area (Å²) in [5.41, 5.74) is 0.314. The zero-order chi connectivity index (χ0) is 28.2. The number of rotatable bonds is 8. The maximum absolute atomic E-state index is 14.2. The first-order valence-electron chi connectivity index (χ1n) is 11.4. The molecule has 0 aliphatic carbocycles. The van der Waals surface area contributed by atoms with Gasteiger partial charge in [0.15, 0.2) is 11.0 Å². The Morgan fingerprint density at radius 1 is 1.03 bits per heavy atom. The van der Waals surface area contributed by atoms with Crippen LogP contribution in [0.15, 0.2) is 71.9 Å². The van der Waals surface area contributed by atoms with Crippen LogP contribution in [0, 0.1) is 12.7 Å². The Labute approximate surface area is 229 Å². The molecular formula is C26H20ClF4N5O2S. The van der Waals surface area contributed by atoms with E-state index in [0.29, 0.717) is 5.69 Å². The van der Waals surface area contributed by atoms with E-state index in [1.54, 1.807) is 18.2 Å². The van der Waals surface area contributed by atoms with Crippen molar-refractivity contribution in [1.82, 2.24) is 20.1 Å². The van der Waals surface area contributed by atoms with Crippen LogP contribution < -0.4 is 10.6 Å². The molecule has 3 aromatic carbocycles. The van der Waals surface area contributed by atoms with Gasteiger partial charge in [0.25, 0.3) is 5.91 Å². The number of alkyl halides is 3. The van der Waals surface area contributed by atoms with Crippen molar-refractivity contribution < 1.29 is 27.2 Å². The lowest BCUT2D eigenvalue weighted by molar-refractivity contribution is -0.137. The van der Waals surface area contributed by atoms with Crippen molar-refractivity contribution in [3.05, 3.63) is 100 Å². The van der Waals surface area contributed by atoms with Crippen LogP contribution in [0.4, 0.5) is 23.2 Å². The van der Waals surface area contributed by atoms with Gasteiger partial charge in [0.2, 0.25) is 5.91 Å². The third-order valence-corrected chi connectivity index (χ3v) is 6.61. The number of anilines is 1. The summed E-state index contributed by atoms with van der Waals surface area (Å²) < 4.78 is 55.7. The molecule has 0 saturated heterocycles. The van der Waals surface area contributed by atoms with E-state index in [-0.39, 0.29) is 45.5 Å². The topological polar surface area (TPSA) is 88.9 Å². The van der Waals surface area contributed by atoms with Gasteiger partial charge in [-0.25, -0.2) is 4.39 Å². The zero-order valence-electron chi connectivity index (χ0n) is 20.2. The lowest BCUT2D eigenvalue weighted by Crippen LogP contribution is -2.26. The lowest BCUT2D eigenvalue weighted by atomic mass is 10.2. The summed E-state index contributed by atoms with van der Waals surface area (Å²) in [5.74, 6) is -2.12. The second-order valence-corrected chi connectivity index (χ2v) is 9.62. The highest BCUT2D eigenvalue weighted by Gasteiger charge is 2.31. The van der Waals surface area contributed by atoms with E-state index >= 15 is 0 Å². The molecule has 0 fully saturated rings. The molecule has 4 rings (SSSR count). The normalized spacial score (nSPS) is 11.3. The minimum Gasteiger partial charge on any atom is -0.345 e. The van der Waals surface area contributed by atoms with Crippen LogP contribution in [-0.4, -0.2) is 32.3 Å². The Kier molecular flexibility index (Phi) is 8.56. The summed E-state index contributed by atoms with van der Waals surface area (Å²) in [6, 6.07) is 15.4. The van der Waals surface area contributed by atoms with E-state index in [1.165, 1.54) is 28.8 Å². The molecule has 0 aliphatic heterocycles. The van der Waals surface area contributed by atoms with Gasteiger partial charge in [-0.15, -0.1) is 10.2 Å². The highest BCUT2D eigenvalue weighted by molar-refractivity contribution is 7.99. The average molecular weight is 578 g/mol. The smallest absolute Gasteiger partial charge is 0.345 e. The highest BCUT2D eigenvalue weighted by Crippen LogP contribution is 2.32. The van der Waals surface area contributed by atoms with Crippen molar-refractivity contribution in [1.29, 1.82) is 0 Å². The molecule has 0 aliphatic rings. The van der Waals surface area contributed by atoms with Crippen LogP contribution in [0.1, 0.15) is 27.3 Å². The van der Waals surface area contributed by atoms with E-state index in [2.05, 4.69) is 20.8 Å². The van der Waals surface area contributed by atoms with E-state index in [9.17, 15) is 27.2 Å². The molecule has 2 N–H and O–H groups in total. The van der Waals surface area contributed by atoms with Crippen LogP contribution in [0.2, 0.25) is 5.02 Å². The number of halogens is 5. The summed E-state index contributed by atoms with van der Waals surface area (Å²) in [5, 5.41) is 13.3. The number of aryl methyl sites for hydroxylation is 1. The fourth-order valence-electron chi connectivity index (χ4n) is 3.60. The van der Waals surface area contributed by atoms with Crippen molar-refractivity contribution in [3.8, 4) is 5.69 Å². The van der Waals surface area contributed by atoms with Crippen LogP contribution in [0.25, 0.3) is 5.69 Å². The quantitative estimate of drug-likeness (QED) is 0.197. The van der Waals surface area contributed by atoms with Crippen molar-refractivity contribution in [2.45, 2.75) is 24.8 Å². The van der Waals surface area contributed by atoms with Gasteiger partial charge < -0.3 is 10.6 Å². The van der Waals surface area contributed by atoms with Crippen molar-refractivity contribution in [2.24, 2.45) is 0 Å². The Morgan fingerprint density at radius 2 is 1.77 bits per heavy atom. The van der Waals surface area contributed by atoms with Gasteiger partial charge in [-0.1, -0.05) is 47.6 Å². The monoisotopic (exact) mass is 577 g/mol. The van der Waals surface area contributed by atoms with Gasteiger partial charge in [0.1, 0.15) is 5.82 Å². The number of nitrogens with one attached hydrogen (secondary N) is 2. The molecule has 0 bridgehead atoms. The molecule has 0 radical (unpaired) electrons. The molecule has 0 unspecified atom stereocenters. The largest absolute Gasteiger partial charge is 0.416 e. The summed E-state index contributed by atoms with van der Waals surface area (Å²) in [6.45, 7) is 1.56. The number of hydrogen-bond donors (Lipinski definition) is 2. The zero-order valence-corrected chi connectivity index (χ0v) is 21.8. The van der Waals surface area contributed by atoms with Gasteiger partial charge in [-0.2, -0.15) is 13.2 Å². The minimum atomic E-state index is -4.61. The van der Waals surface area contributed by atoms with E-state index in [1.807, 2.05) is 13.0 Å². The van der Waals surface area contributed by atoms with Crippen LogP contribution in [-0.2, 0) is 17.5 Å². The molecule has 0 atom stereocenters. The Morgan fingerprint density at radius 3 is 2.49 bits per heavy atom. The highest BCUT2D eigenvalue weighted by atomic mass is 35.5. The van der Waals surface area contributed by atoms with E-state index in [0.717, 1.165) is 35.5 Å². The fourth-order valence-corrected chi connectivity index (χ4v) is 4.62. The molecule has 7 nitrogen and oxygen atoms in total. The van der Waals surface area contributed by atoms with Crippen LogP contribution >= 0.6 is 23.4 Å². The third-order valence-electron chi connectivity index (χ3n) is 5.36. The molecule has 0 spiro atoms. The fraction of sp³-hybridized carbons (Fsp3) is 0.154. The Hall–Kier alpha value is -3.90. The van der Waals surface area contributed by atoms with Gasteiger partial charge in [0, 0.05) is 5.69 Å². The standard InChI is InChI=1S/C26H20ClF4N5O2S/c1-15-5-2-7-17(11-15)33-22(37)14-39-25-35-34-21(13-32-24(38)23-19(27)9-4-10-20(23)28)36(25)18-8-3-6-16(12-18)26(29,30)31/h2-12H,13-14H2,1H3,(H,32,38)(H,33,37). The van der Waals surface area contributed by atoms with E-state index in [4.69, 9.17) is 11.6 Å². The SMILES string of the molecule is Cc1cccc(NC(=O)CSc2nnc(CNC(=O)c3c(F)cccc3Cl)n2-c2cccc(C(F)(F)F)c2)c1. The number of carbonyl (C=O) groups is 2. The van der Waals surface area contributed by atoms with Gasteiger partial charge in [0.05, 0.1) is 34.1 Å². The van der Waals surface area contributed by atoms with Crippen molar-refractivity contribution >= 4 is 40.9 Å². The van der Waals surface area contributed by atoms with Gasteiger partial charge in [-0.05, 0) is 55.0 Å². The third kappa shape index (κ3) is 6.95. The lowest BCUT2D eigenvalue weighted by Gasteiger charge is -2.14. The second-order valence-electron chi connectivity index (χ2n) is 8.27. The Bertz CT molecular complexity index is 1510. The second kappa shape index (κ2) is 11.9. The molecule has 1 heterocycles. The number of benzene rings is 3. The maximum Gasteiger partial charge on any atom is 0.416 e. The summed E-state index contributed by atoms with van der Waals surface area (Å²) >= 11 is 6.90. The van der Waals surface area contributed by atoms with Gasteiger partial charge in [-0.3, -0.25) is 14.2 Å². The molecule has 202 valence electrons. The number of hydrogen-bond acceptors (Lipinski definition) is 5. The van der Waals surface area contributed by atoms with Crippen LogP contribution in [0.5, 0.6) is 0 Å². The summed E-state index contributed by atoms with van der Waals surface area (Å²) in [4.78, 5) is 25.1. The molecular weight excluding hydrogens is 558 g/mol. The number of aromatic nitrogens is 3. The van der Waals surface area contributed by atoms with Crippen LogP contribution in [0.3, 0.4) is 0 Å². The molecule has 39 heavy (non-hydrogen) atoms. The molecule has 0 saturated carbocycles. The molecule has 2 amide bonds. The average Bonchev–Trinajstić information content (AvgIpc) is 3.28. The van der Waals surface area contributed by atoms with Crippen molar-refractivity contribution in [2.75, 3.05) is 11.1 Å². The summed E-state index contributed by atoms with van der Waals surface area (Å²) in [6.07, 6.45) is -4.61. The summed E-state index contributed by atoms with van der Waals surface area (Å²) in [7, 11) is 0. The molecule has 13 heteroatoms. The van der Waals surface area contributed by atoms with Crippen molar-refractivity contribution in [3.63, 3.8) is 0 Å². The number of carbonyl (C=O) groups excluding carboxylic acids is 2. The predicted molar refractivity (Wildman–Crippen MR) is 139 cm³/mol. The number of amides is 2. The Balaban J connectivity index is 1.59. The predicted octanol–water partition coefficient (Wildman–Crippen LogP) is 6.05. The maximum atomic E-state index is 14.2.